The van der Waals surface area contributed by atoms with Crippen LogP contribution < -0.4 is 21.0 Å². The van der Waals surface area contributed by atoms with Gasteiger partial charge < -0.3 is 24.8 Å². The van der Waals surface area contributed by atoms with Crippen LogP contribution in [0.2, 0.25) is 0 Å². The number of aliphatic hydroxyl groups excluding tert-OH is 1. The van der Waals surface area contributed by atoms with E-state index in [0.29, 0.717) is 0 Å². The van der Waals surface area contributed by atoms with Crippen molar-refractivity contribution in [2.45, 2.75) is 55.7 Å². The van der Waals surface area contributed by atoms with E-state index in [0.717, 1.165) is 4.57 Å². The van der Waals surface area contributed by atoms with Crippen molar-refractivity contribution in [3.8, 4) is 5.75 Å². The summed E-state index contributed by atoms with van der Waals surface area (Å²) >= 11 is 12.6. The highest BCUT2D eigenvalue weighted by molar-refractivity contribution is 7.52. The summed E-state index contributed by atoms with van der Waals surface area (Å²) in [7, 11) is -4.25. The molecule has 0 radical (unpaired) electrons. The van der Waals surface area contributed by atoms with Gasteiger partial charge in [-0.15, -0.1) is 0 Å². The van der Waals surface area contributed by atoms with E-state index in [1.54, 1.807) is 32.0 Å². The van der Waals surface area contributed by atoms with Gasteiger partial charge in [0.15, 0.2) is 10.6 Å². The second-order valence-corrected chi connectivity index (χ2v) is 11.4. The Morgan fingerprint density at radius 3 is 2.58 bits per heavy atom. The minimum Gasteiger partial charge on any atom is -0.462 e. The number of rotatable bonds is 10. The molecule has 15 heteroatoms. The third-order valence-electron chi connectivity index (χ3n) is 4.92. The molecule has 5 atom stereocenters. The summed E-state index contributed by atoms with van der Waals surface area (Å²) in [5.74, 6) is -0.523. The van der Waals surface area contributed by atoms with Crippen molar-refractivity contribution in [1.82, 2.24) is 14.6 Å². The van der Waals surface area contributed by atoms with Crippen LogP contribution in [-0.2, 0) is 23.4 Å². The molecule has 1 aliphatic heterocycles. The summed E-state index contributed by atoms with van der Waals surface area (Å²) in [5, 5.41) is 13.2. The minimum atomic E-state index is -4.25. The number of aromatic nitrogens is 2. The van der Waals surface area contributed by atoms with Crippen molar-refractivity contribution in [1.29, 1.82) is 0 Å². The Bertz CT molecular complexity index is 1170. The van der Waals surface area contributed by atoms with Gasteiger partial charge in [0.2, 0.25) is 0 Å². The van der Waals surface area contributed by atoms with Crippen molar-refractivity contribution < 1.29 is 33.0 Å². The third kappa shape index (κ3) is 6.77. The molecule has 1 unspecified atom stereocenters. The smallest absolute Gasteiger partial charge is 0.459 e. The number of benzene rings is 1. The average molecular weight is 565 g/mol. The fraction of sp³-hybridized carbons (Fsp3) is 0.476. The van der Waals surface area contributed by atoms with Gasteiger partial charge in [0, 0.05) is 6.20 Å². The molecule has 1 saturated heterocycles. The Hall–Kier alpha value is -2.18. The molecule has 1 aromatic carbocycles. The second kappa shape index (κ2) is 11.5. The number of halogens is 2. The van der Waals surface area contributed by atoms with Gasteiger partial charge >= 0.3 is 19.4 Å². The number of hydrogen-bond donors (Lipinski definition) is 3. The fourth-order valence-corrected chi connectivity index (χ4v) is 5.31. The molecule has 198 valence electrons. The first-order valence-corrected chi connectivity index (χ1v) is 13.2. The Morgan fingerprint density at radius 1 is 1.31 bits per heavy atom. The van der Waals surface area contributed by atoms with Gasteiger partial charge in [-0.1, -0.05) is 41.4 Å². The van der Waals surface area contributed by atoms with Crippen LogP contribution in [0.5, 0.6) is 5.75 Å². The van der Waals surface area contributed by atoms with Gasteiger partial charge in [0.05, 0.1) is 12.7 Å². The lowest BCUT2D eigenvalue weighted by Gasteiger charge is -2.25. The molecule has 0 amide bonds. The van der Waals surface area contributed by atoms with Crippen molar-refractivity contribution >= 4 is 42.7 Å². The zero-order valence-electron chi connectivity index (χ0n) is 19.6. The summed E-state index contributed by atoms with van der Waals surface area (Å²) in [6.45, 7) is 4.22. The molecule has 4 N–H and O–H groups in total. The van der Waals surface area contributed by atoms with Crippen LogP contribution in [-0.4, -0.2) is 55.9 Å². The van der Waals surface area contributed by atoms with E-state index in [4.69, 9.17) is 47.5 Å². The van der Waals surface area contributed by atoms with Gasteiger partial charge in [-0.3, -0.25) is 13.9 Å². The SMILES string of the molecule is CC(C)OC(=O)[C@H](C)NP(=O)(OC[C@H]1O[C@@H](n2ccc(N)nc2=O)C(Cl)(Cl)[C@@H]1O)Oc1ccccc1. The molecule has 1 aromatic heterocycles. The second-order valence-electron chi connectivity index (χ2n) is 8.22. The highest BCUT2D eigenvalue weighted by atomic mass is 35.5. The van der Waals surface area contributed by atoms with Crippen LogP contribution in [0, 0.1) is 0 Å². The van der Waals surface area contributed by atoms with E-state index in [1.807, 2.05) is 0 Å². The van der Waals surface area contributed by atoms with E-state index in [2.05, 4.69) is 10.1 Å². The van der Waals surface area contributed by atoms with Crippen LogP contribution in [0.15, 0.2) is 47.4 Å². The molecule has 2 aromatic rings. The number of carbonyl (C=O) groups is 1. The van der Waals surface area contributed by atoms with E-state index in [9.17, 15) is 19.3 Å². The van der Waals surface area contributed by atoms with E-state index < -0.39 is 60.9 Å². The topological polar surface area (TPSA) is 164 Å². The van der Waals surface area contributed by atoms with Crippen LogP contribution in [0.1, 0.15) is 27.0 Å². The molecule has 0 aliphatic carbocycles. The number of nitrogens with zero attached hydrogens (tertiary/aromatic N) is 2. The highest BCUT2D eigenvalue weighted by Crippen LogP contribution is 2.49. The molecule has 1 fully saturated rings. The molecule has 0 bridgehead atoms. The minimum absolute atomic E-state index is 0.0281. The first-order valence-electron chi connectivity index (χ1n) is 10.9. The van der Waals surface area contributed by atoms with Crippen LogP contribution in [0.4, 0.5) is 5.82 Å². The number of carbonyl (C=O) groups excluding carboxylic acids is 1. The molecule has 0 saturated carbocycles. The molecule has 3 rings (SSSR count). The number of aliphatic hydroxyl groups is 1. The van der Waals surface area contributed by atoms with E-state index in [-0.39, 0.29) is 11.6 Å². The van der Waals surface area contributed by atoms with Gasteiger partial charge in [-0.25, -0.2) is 9.36 Å². The molecule has 2 heterocycles. The summed E-state index contributed by atoms with van der Waals surface area (Å²) in [6.07, 6.45) is -3.33. The third-order valence-corrected chi connectivity index (χ3v) is 7.38. The standard InChI is InChI=1S/C21H27Cl2N4O8P/c1-12(2)33-18(29)13(3)26-36(31,35-14-7-5-4-6-8-14)32-11-15-17(28)21(22,23)19(34-15)27-10-9-16(24)25-20(27)30/h4-10,12-13,15,17,19,28H,11H2,1-3H3,(H,26,31)(H2,24,25,30)/t13-,15+,17+,19+,36?/m0/s1. The lowest BCUT2D eigenvalue weighted by atomic mass is 10.2. The lowest BCUT2D eigenvalue weighted by molar-refractivity contribution is -0.149. The molecule has 36 heavy (non-hydrogen) atoms. The monoisotopic (exact) mass is 564 g/mol. The average Bonchev–Trinajstić information content (AvgIpc) is 3.01. The van der Waals surface area contributed by atoms with Crippen molar-refractivity contribution in [3.63, 3.8) is 0 Å². The summed E-state index contributed by atoms with van der Waals surface area (Å²) in [4.78, 5) is 28.1. The maximum atomic E-state index is 13.6. The van der Waals surface area contributed by atoms with Gasteiger partial charge in [-0.05, 0) is 39.0 Å². The van der Waals surface area contributed by atoms with E-state index >= 15 is 0 Å². The number of nitrogen functional groups attached to an aromatic ring is 1. The Labute approximate surface area is 217 Å². The summed E-state index contributed by atoms with van der Waals surface area (Å²) < 4.78 is 34.5. The molecule has 1 aliphatic rings. The van der Waals surface area contributed by atoms with Gasteiger partial charge in [0.25, 0.3) is 0 Å². The summed E-state index contributed by atoms with van der Waals surface area (Å²) in [6, 6.07) is 8.35. The Kier molecular flexibility index (Phi) is 9.05. The number of nitrogens with one attached hydrogen (secondary N) is 1. The number of ether oxygens (including phenoxy) is 2. The number of nitrogens with two attached hydrogens (primary N) is 1. The van der Waals surface area contributed by atoms with Gasteiger partial charge in [-0.2, -0.15) is 10.1 Å². The first kappa shape index (κ1) is 28.4. The normalized spacial score (nSPS) is 23.7. The fourth-order valence-electron chi connectivity index (χ4n) is 3.22. The number of anilines is 1. The maximum absolute atomic E-state index is 13.6. The number of hydrogen-bond acceptors (Lipinski definition) is 10. The quantitative estimate of drug-likeness (QED) is 0.220. The van der Waals surface area contributed by atoms with Crippen molar-refractivity contribution in [2.24, 2.45) is 0 Å². The first-order chi connectivity index (χ1) is 16.8. The number of alkyl halides is 2. The predicted molar refractivity (Wildman–Crippen MR) is 132 cm³/mol. The molecule has 12 nitrogen and oxygen atoms in total. The lowest BCUT2D eigenvalue weighted by Crippen LogP contribution is -2.40. The Morgan fingerprint density at radius 2 is 1.97 bits per heavy atom. The molecule has 0 spiro atoms. The number of esters is 1. The van der Waals surface area contributed by atoms with Crippen LogP contribution in [0.3, 0.4) is 0 Å². The predicted octanol–water partition coefficient (Wildman–Crippen LogP) is 2.39. The van der Waals surface area contributed by atoms with E-state index in [1.165, 1.54) is 31.3 Å². The Balaban J connectivity index is 1.79. The zero-order chi connectivity index (χ0) is 26.7. The van der Waals surface area contributed by atoms with Crippen LogP contribution in [0.25, 0.3) is 0 Å². The molecular formula is C21H27Cl2N4O8P. The molecular weight excluding hydrogens is 538 g/mol. The van der Waals surface area contributed by atoms with Gasteiger partial charge in [0.1, 0.15) is 29.8 Å². The maximum Gasteiger partial charge on any atom is 0.459 e. The van der Waals surface area contributed by atoms with Crippen LogP contribution >= 0.6 is 30.9 Å². The van der Waals surface area contributed by atoms with Crippen molar-refractivity contribution in [3.05, 3.63) is 53.1 Å². The largest absolute Gasteiger partial charge is 0.462 e. The van der Waals surface area contributed by atoms with Crippen molar-refractivity contribution in [2.75, 3.05) is 12.3 Å². The number of para-hydroxylation sites is 1. The highest BCUT2D eigenvalue weighted by Gasteiger charge is 2.56. The summed E-state index contributed by atoms with van der Waals surface area (Å²) in [5.41, 5.74) is 4.70. The zero-order valence-corrected chi connectivity index (χ0v) is 22.0.